The number of ether oxygens (including phenoxy) is 1. The maximum absolute atomic E-state index is 11.9. The minimum atomic E-state index is -0.368. The molecule has 2 rings (SSSR count). The third kappa shape index (κ3) is 3.51. The first-order valence-corrected chi connectivity index (χ1v) is 5.95. The summed E-state index contributed by atoms with van der Waals surface area (Å²) >= 11 is 0. The van der Waals surface area contributed by atoms with Gasteiger partial charge in [-0.25, -0.2) is 9.97 Å². The topological polar surface area (TPSA) is 78.1 Å². The maximum Gasteiger partial charge on any atom is 0.313 e. The Bertz CT molecular complexity index is 558. The smallest absolute Gasteiger partial charge is 0.313 e. The van der Waals surface area contributed by atoms with Crippen molar-refractivity contribution in [3.8, 4) is 0 Å². The number of nitrogen functional groups attached to an aromatic ring is 1. The number of hydrogen-bond donors (Lipinski definition) is 1. The number of carbonyl (C=O) groups is 1. The highest BCUT2D eigenvalue weighted by atomic mass is 16.5. The number of nitrogens with zero attached hydrogens (tertiary/aromatic N) is 2. The van der Waals surface area contributed by atoms with E-state index in [4.69, 9.17) is 10.5 Å². The lowest BCUT2D eigenvalue weighted by atomic mass is 10.0. The minimum absolute atomic E-state index is 0.0757. The van der Waals surface area contributed by atoms with Crippen molar-refractivity contribution in [2.45, 2.75) is 19.4 Å². The molecule has 2 aromatic rings. The molecule has 0 bridgehead atoms. The summed E-state index contributed by atoms with van der Waals surface area (Å²) in [5.41, 5.74) is 7.15. The van der Waals surface area contributed by atoms with E-state index in [0.29, 0.717) is 11.5 Å². The Kier molecular flexibility index (Phi) is 4.07. The highest BCUT2D eigenvalue weighted by Crippen LogP contribution is 2.19. The molecule has 1 heterocycles. The van der Waals surface area contributed by atoms with Crippen LogP contribution in [-0.4, -0.2) is 15.9 Å². The molecule has 0 saturated carbocycles. The SMILES string of the molecule is CC(C(=O)OCc1ncccn1)c1cccc(N)c1. The van der Waals surface area contributed by atoms with E-state index in [1.807, 2.05) is 12.1 Å². The Balaban J connectivity index is 1.96. The number of benzene rings is 1. The molecule has 0 radical (unpaired) electrons. The zero-order valence-electron chi connectivity index (χ0n) is 10.6. The summed E-state index contributed by atoms with van der Waals surface area (Å²) in [5, 5.41) is 0. The summed E-state index contributed by atoms with van der Waals surface area (Å²) in [5.74, 6) is -0.208. The quantitative estimate of drug-likeness (QED) is 0.668. The van der Waals surface area contributed by atoms with Crippen molar-refractivity contribution in [1.29, 1.82) is 0 Å². The zero-order valence-corrected chi connectivity index (χ0v) is 10.6. The average Bonchev–Trinajstić information content (AvgIpc) is 2.45. The molecule has 19 heavy (non-hydrogen) atoms. The predicted octanol–water partition coefficient (Wildman–Crippen LogP) is 1.91. The monoisotopic (exact) mass is 257 g/mol. The van der Waals surface area contributed by atoms with Gasteiger partial charge in [0.2, 0.25) is 0 Å². The number of esters is 1. The molecule has 2 N–H and O–H groups in total. The van der Waals surface area contributed by atoms with Gasteiger partial charge in [0.05, 0.1) is 5.92 Å². The molecule has 0 spiro atoms. The molecule has 0 aliphatic heterocycles. The first kappa shape index (κ1) is 13.0. The molecule has 1 aromatic heterocycles. The van der Waals surface area contributed by atoms with E-state index in [0.717, 1.165) is 5.56 Å². The molecule has 1 aromatic carbocycles. The number of rotatable bonds is 4. The molecule has 0 saturated heterocycles. The van der Waals surface area contributed by atoms with Gasteiger partial charge in [0, 0.05) is 18.1 Å². The van der Waals surface area contributed by atoms with Gasteiger partial charge in [-0.2, -0.15) is 0 Å². The lowest BCUT2D eigenvalue weighted by Crippen LogP contribution is -2.14. The van der Waals surface area contributed by atoms with Crippen molar-refractivity contribution >= 4 is 11.7 Å². The second-order valence-corrected chi connectivity index (χ2v) is 4.16. The van der Waals surface area contributed by atoms with E-state index in [1.165, 1.54) is 0 Å². The summed E-state index contributed by atoms with van der Waals surface area (Å²) in [6.45, 7) is 1.86. The van der Waals surface area contributed by atoms with E-state index in [-0.39, 0.29) is 18.5 Å². The third-order valence-electron chi connectivity index (χ3n) is 2.73. The molecule has 0 aliphatic carbocycles. The Hall–Kier alpha value is -2.43. The van der Waals surface area contributed by atoms with E-state index in [2.05, 4.69) is 9.97 Å². The molecule has 0 fully saturated rings. The number of anilines is 1. The molecule has 98 valence electrons. The lowest BCUT2D eigenvalue weighted by Gasteiger charge is -2.11. The van der Waals surface area contributed by atoms with Gasteiger partial charge in [0.1, 0.15) is 0 Å². The van der Waals surface area contributed by atoms with Crippen LogP contribution in [0.15, 0.2) is 42.7 Å². The van der Waals surface area contributed by atoms with E-state index >= 15 is 0 Å². The molecule has 0 aliphatic rings. The van der Waals surface area contributed by atoms with Crippen molar-refractivity contribution in [3.63, 3.8) is 0 Å². The largest absolute Gasteiger partial charge is 0.457 e. The number of aromatic nitrogens is 2. The van der Waals surface area contributed by atoms with Crippen LogP contribution >= 0.6 is 0 Å². The van der Waals surface area contributed by atoms with Crippen LogP contribution in [0.4, 0.5) is 5.69 Å². The second-order valence-electron chi connectivity index (χ2n) is 4.16. The van der Waals surface area contributed by atoms with Gasteiger partial charge in [0.15, 0.2) is 12.4 Å². The highest BCUT2D eigenvalue weighted by Gasteiger charge is 2.17. The van der Waals surface area contributed by atoms with E-state index in [1.54, 1.807) is 37.5 Å². The molecule has 1 unspecified atom stereocenters. The van der Waals surface area contributed by atoms with Crippen molar-refractivity contribution in [1.82, 2.24) is 9.97 Å². The Morgan fingerprint density at radius 3 is 2.74 bits per heavy atom. The van der Waals surface area contributed by atoms with Gasteiger partial charge in [-0.1, -0.05) is 12.1 Å². The Morgan fingerprint density at radius 1 is 1.32 bits per heavy atom. The van der Waals surface area contributed by atoms with Crippen LogP contribution in [0.2, 0.25) is 0 Å². The van der Waals surface area contributed by atoms with Crippen molar-refractivity contribution in [2.24, 2.45) is 0 Å². The van der Waals surface area contributed by atoms with Crippen molar-refractivity contribution in [3.05, 3.63) is 54.1 Å². The van der Waals surface area contributed by atoms with E-state index in [9.17, 15) is 4.79 Å². The Morgan fingerprint density at radius 2 is 2.05 bits per heavy atom. The lowest BCUT2D eigenvalue weighted by molar-refractivity contribution is -0.146. The summed E-state index contributed by atoms with van der Waals surface area (Å²) in [6, 6.07) is 8.92. The first-order valence-electron chi connectivity index (χ1n) is 5.95. The Labute approximate surface area is 111 Å². The highest BCUT2D eigenvalue weighted by molar-refractivity contribution is 5.78. The second kappa shape index (κ2) is 5.95. The fourth-order valence-corrected chi connectivity index (χ4v) is 1.63. The predicted molar refractivity (Wildman–Crippen MR) is 71.1 cm³/mol. The molecule has 0 amide bonds. The summed E-state index contributed by atoms with van der Waals surface area (Å²) in [7, 11) is 0. The van der Waals surface area contributed by atoms with Gasteiger partial charge >= 0.3 is 5.97 Å². The van der Waals surface area contributed by atoms with Crippen LogP contribution in [0.1, 0.15) is 24.2 Å². The average molecular weight is 257 g/mol. The molecular weight excluding hydrogens is 242 g/mol. The summed E-state index contributed by atoms with van der Waals surface area (Å²) in [4.78, 5) is 19.9. The van der Waals surface area contributed by atoms with Crippen LogP contribution in [0.3, 0.4) is 0 Å². The van der Waals surface area contributed by atoms with Gasteiger partial charge < -0.3 is 10.5 Å². The van der Waals surface area contributed by atoms with Crippen molar-refractivity contribution < 1.29 is 9.53 Å². The fourth-order valence-electron chi connectivity index (χ4n) is 1.63. The first-order chi connectivity index (χ1) is 9.16. The number of hydrogen-bond acceptors (Lipinski definition) is 5. The van der Waals surface area contributed by atoms with Gasteiger partial charge in [-0.05, 0) is 30.7 Å². The van der Waals surface area contributed by atoms with Crippen LogP contribution in [-0.2, 0) is 16.1 Å². The molecular formula is C14H15N3O2. The van der Waals surface area contributed by atoms with Crippen LogP contribution in [0.25, 0.3) is 0 Å². The van der Waals surface area contributed by atoms with Gasteiger partial charge in [0.25, 0.3) is 0 Å². The van der Waals surface area contributed by atoms with Gasteiger partial charge in [-0.3, -0.25) is 4.79 Å². The van der Waals surface area contributed by atoms with Crippen LogP contribution in [0.5, 0.6) is 0 Å². The maximum atomic E-state index is 11.9. The normalized spacial score (nSPS) is 11.8. The van der Waals surface area contributed by atoms with Crippen molar-refractivity contribution in [2.75, 3.05) is 5.73 Å². The standard InChI is InChI=1S/C14H15N3O2/c1-10(11-4-2-5-12(15)8-11)14(18)19-9-13-16-6-3-7-17-13/h2-8,10H,9,15H2,1H3. The number of nitrogens with two attached hydrogens (primary N) is 1. The molecule has 5 heteroatoms. The number of carbonyl (C=O) groups excluding carboxylic acids is 1. The van der Waals surface area contributed by atoms with Gasteiger partial charge in [-0.15, -0.1) is 0 Å². The van der Waals surface area contributed by atoms with E-state index < -0.39 is 0 Å². The zero-order chi connectivity index (χ0) is 13.7. The summed E-state index contributed by atoms with van der Waals surface area (Å²) < 4.78 is 5.18. The van der Waals surface area contributed by atoms with Crippen LogP contribution in [0, 0.1) is 0 Å². The molecule has 5 nitrogen and oxygen atoms in total. The fraction of sp³-hybridized carbons (Fsp3) is 0.214. The minimum Gasteiger partial charge on any atom is -0.457 e. The summed E-state index contributed by atoms with van der Waals surface area (Å²) in [6.07, 6.45) is 3.22. The van der Waals surface area contributed by atoms with Crippen LogP contribution < -0.4 is 5.73 Å². The third-order valence-corrected chi connectivity index (χ3v) is 2.73. The molecule has 1 atom stereocenters.